The average Bonchev–Trinajstić information content (AvgIpc) is 2.28. The number of hydrogen-bond donors (Lipinski definition) is 0. The first-order valence-electron chi connectivity index (χ1n) is 5.57. The zero-order chi connectivity index (χ0) is 13.9. The van der Waals surface area contributed by atoms with Gasteiger partial charge in [-0.25, -0.2) is 0 Å². The summed E-state index contributed by atoms with van der Waals surface area (Å²) in [7, 11) is 1.63. The Balaban J connectivity index is 2.97. The highest BCUT2D eigenvalue weighted by atomic mass is 127. The standard InChI is InChI=1S/C13H16I2O3/c1-5-13(2,3)12(16)18-8-6-9(14)11(17-4)10(15)7-8/h6-7H,5H2,1-4H3. The minimum Gasteiger partial charge on any atom is -0.495 e. The van der Waals surface area contributed by atoms with Crippen LogP contribution in [0.25, 0.3) is 0 Å². The van der Waals surface area contributed by atoms with Crippen molar-refractivity contribution in [3.8, 4) is 11.5 Å². The predicted molar refractivity (Wildman–Crippen MR) is 88.1 cm³/mol. The van der Waals surface area contributed by atoms with Crippen molar-refractivity contribution in [2.24, 2.45) is 5.41 Å². The lowest BCUT2D eigenvalue weighted by molar-refractivity contribution is -0.144. The Bertz CT molecular complexity index is 433. The summed E-state index contributed by atoms with van der Waals surface area (Å²) in [6, 6.07) is 3.62. The highest BCUT2D eigenvalue weighted by Crippen LogP contribution is 2.32. The number of hydrogen-bond acceptors (Lipinski definition) is 3. The molecule has 3 nitrogen and oxygen atoms in total. The lowest BCUT2D eigenvalue weighted by atomic mass is 9.91. The SMILES string of the molecule is CCC(C)(C)C(=O)Oc1cc(I)c(OC)c(I)c1. The first-order chi connectivity index (χ1) is 8.31. The number of ether oxygens (including phenoxy) is 2. The first kappa shape index (κ1) is 16.0. The van der Waals surface area contributed by atoms with Crippen LogP contribution in [0.5, 0.6) is 11.5 Å². The van der Waals surface area contributed by atoms with Crippen LogP contribution in [-0.2, 0) is 4.79 Å². The van der Waals surface area contributed by atoms with Gasteiger partial charge in [0.2, 0.25) is 0 Å². The Kier molecular flexibility index (Phi) is 5.69. The predicted octanol–water partition coefficient (Wildman–Crippen LogP) is 4.25. The van der Waals surface area contributed by atoms with Crippen molar-refractivity contribution in [1.82, 2.24) is 0 Å². The molecule has 0 bridgehead atoms. The first-order valence-corrected chi connectivity index (χ1v) is 7.73. The summed E-state index contributed by atoms with van der Waals surface area (Å²) in [5.41, 5.74) is -0.462. The molecule has 0 aromatic heterocycles. The molecule has 0 spiro atoms. The van der Waals surface area contributed by atoms with Crippen molar-refractivity contribution in [2.45, 2.75) is 27.2 Å². The Morgan fingerprint density at radius 2 is 1.78 bits per heavy atom. The van der Waals surface area contributed by atoms with Gasteiger partial charge in [-0.1, -0.05) is 6.92 Å². The molecule has 0 unspecified atom stereocenters. The lowest BCUT2D eigenvalue weighted by Gasteiger charge is -2.20. The summed E-state index contributed by atoms with van der Waals surface area (Å²) in [5.74, 6) is 1.17. The number of methoxy groups -OCH3 is 1. The molecule has 0 radical (unpaired) electrons. The number of rotatable bonds is 4. The third-order valence-electron chi connectivity index (χ3n) is 2.82. The van der Waals surface area contributed by atoms with Gasteiger partial charge >= 0.3 is 5.97 Å². The molecule has 0 atom stereocenters. The van der Waals surface area contributed by atoms with Gasteiger partial charge in [0.15, 0.2) is 0 Å². The molecule has 100 valence electrons. The minimum atomic E-state index is -0.462. The fraction of sp³-hybridized carbons (Fsp3) is 0.462. The maximum Gasteiger partial charge on any atom is 0.316 e. The Morgan fingerprint density at radius 3 is 2.17 bits per heavy atom. The summed E-state index contributed by atoms with van der Waals surface area (Å²) < 4.78 is 12.6. The third kappa shape index (κ3) is 3.72. The van der Waals surface area contributed by atoms with Crippen LogP contribution in [-0.4, -0.2) is 13.1 Å². The van der Waals surface area contributed by atoms with E-state index in [1.807, 2.05) is 32.9 Å². The number of carbonyl (C=O) groups is 1. The summed E-state index contributed by atoms with van der Waals surface area (Å²) >= 11 is 4.34. The van der Waals surface area contributed by atoms with E-state index in [4.69, 9.17) is 9.47 Å². The van der Waals surface area contributed by atoms with Gasteiger partial charge in [-0.3, -0.25) is 4.79 Å². The second kappa shape index (κ2) is 6.40. The van der Waals surface area contributed by atoms with E-state index in [0.29, 0.717) is 5.75 Å². The maximum absolute atomic E-state index is 12.0. The van der Waals surface area contributed by atoms with Crippen LogP contribution in [0.1, 0.15) is 27.2 Å². The molecule has 0 fully saturated rings. The Labute approximate surface area is 135 Å². The number of carbonyl (C=O) groups excluding carboxylic acids is 1. The second-order valence-electron chi connectivity index (χ2n) is 4.55. The number of halogens is 2. The van der Waals surface area contributed by atoms with Crippen LogP contribution >= 0.6 is 45.2 Å². The quantitative estimate of drug-likeness (QED) is 0.372. The van der Waals surface area contributed by atoms with Gasteiger partial charge in [0.25, 0.3) is 0 Å². The van der Waals surface area contributed by atoms with Crippen LogP contribution < -0.4 is 9.47 Å². The van der Waals surface area contributed by atoms with Crippen LogP contribution in [0.3, 0.4) is 0 Å². The van der Waals surface area contributed by atoms with Crippen molar-refractivity contribution in [3.05, 3.63) is 19.3 Å². The topological polar surface area (TPSA) is 35.5 Å². The minimum absolute atomic E-state index is 0.207. The van der Waals surface area contributed by atoms with Gasteiger partial charge in [0.05, 0.1) is 19.7 Å². The van der Waals surface area contributed by atoms with Crippen molar-refractivity contribution in [1.29, 1.82) is 0 Å². The molecule has 0 heterocycles. The molecular formula is C13H16I2O3. The summed E-state index contributed by atoms with van der Waals surface area (Å²) in [6.45, 7) is 5.74. The second-order valence-corrected chi connectivity index (χ2v) is 6.87. The van der Waals surface area contributed by atoms with Gasteiger partial charge in [0, 0.05) is 0 Å². The number of esters is 1. The van der Waals surface area contributed by atoms with E-state index in [2.05, 4.69) is 45.2 Å². The maximum atomic E-state index is 12.0. The highest BCUT2D eigenvalue weighted by molar-refractivity contribution is 14.1. The smallest absolute Gasteiger partial charge is 0.316 e. The molecule has 1 aromatic rings. The van der Waals surface area contributed by atoms with Gasteiger partial charge in [-0.2, -0.15) is 0 Å². The van der Waals surface area contributed by atoms with E-state index >= 15 is 0 Å². The zero-order valence-corrected chi connectivity index (χ0v) is 15.2. The van der Waals surface area contributed by atoms with Gasteiger partial charge in [-0.05, 0) is 77.6 Å². The van der Waals surface area contributed by atoms with Gasteiger partial charge < -0.3 is 9.47 Å². The average molecular weight is 474 g/mol. The molecule has 0 amide bonds. The van der Waals surface area contributed by atoms with Crippen molar-refractivity contribution < 1.29 is 14.3 Å². The molecule has 0 aliphatic heterocycles. The lowest BCUT2D eigenvalue weighted by Crippen LogP contribution is -2.28. The van der Waals surface area contributed by atoms with Crippen LogP contribution in [0.15, 0.2) is 12.1 Å². The molecule has 5 heteroatoms. The molecule has 0 saturated carbocycles. The van der Waals surface area contributed by atoms with Crippen molar-refractivity contribution >= 4 is 51.2 Å². The van der Waals surface area contributed by atoms with Crippen LogP contribution in [0, 0.1) is 12.6 Å². The zero-order valence-electron chi connectivity index (χ0n) is 10.8. The normalized spacial score (nSPS) is 11.2. The highest BCUT2D eigenvalue weighted by Gasteiger charge is 2.28. The molecule has 1 aromatic carbocycles. The Morgan fingerprint density at radius 1 is 1.28 bits per heavy atom. The third-order valence-corrected chi connectivity index (χ3v) is 4.43. The molecule has 1 rings (SSSR count). The van der Waals surface area contributed by atoms with E-state index < -0.39 is 5.41 Å². The molecule has 0 aliphatic rings. The van der Waals surface area contributed by atoms with Crippen molar-refractivity contribution in [2.75, 3.05) is 7.11 Å². The molecular weight excluding hydrogens is 458 g/mol. The van der Waals surface area contributed by atoms with Crippen LogP contribution in [0.4, 0.5) is 0 Å². The summed E-state index contributed by atoms with van der Waals surface area (Å²) in [5, 5.41) is 0. The Hall–Kier alpha value is -0.0500. The van der Waals surface area contributed by atoms with E-state index in [1.165, 1.54) is 0 Å². The van der Waals surface area contributed by atoms with Gasteiger partial charge in [0.1, 0.15) is 11.5 Å². The molecule has 0 N–H and O–H groups in total. The molecule has 0 aliphatic carbocycles. The molecule has 18 heavy (non-hydrogen) atoms. The van der Waals surface area contributed by atoms with E-state index in [0.717, 1.165) is 19.3 Å². The van der Waals surface area contributed by atoms with Crippen molar-refractivity contribution in [3.63, 3.8) is 0 Å². The monoisotopic (exact) mass is 474 g/mol. The fourth-order valence-corrected chi connectivity index (χ4v) is 3.33. The summed E-state index contributed by atoms with van der Waals surface area (Å²) in [6.07, 6.45) is 0.746. The van der Waals surface area contributed by atoms with E-state index in [-0.39, 0.29) is 5.97 Å². The van der Waals surface area contributed by atoms with E-state index in [1.54, 1.807) is 7.11 Å². The largest absolute Gasteiger partial charge is 0.495 e. The van der Waals surface area contributed by atoms with Crippen LogP contribution in [0.2, 0.25) is 0 Å². The van der Waals surface area contributed by atoms with Gasteiger partial charge in [-0.15, -0.1) is 0 Å². The fourth-order valence-electron chi connectivity index (χ4n) is 1.18. The van der Waals surface area contributed by atoms with E-state index in [9.17, 15) is 4.79 Å². The number of benzene rings is 1. The summed E-state index contributed by atoms with van der Waals surface area (Å²) in [4.78, 5) is 12.0. The molecule has 0 saturated heterocycles.